The highest BCUT2D eigenvalue weighted by Crippen LogP contribution is 2.37. The number of fused-ring (bicyclic) bond motifs is 1. The van der Waals surface area contributed by atoms with Crippen molar-refractivity contribution in [3.05, 3.63) is 94.9 Å². The molecule has 2 saturated heterocycles. The molecule has 4 aromatic rings. The summed E-state index contributed by atoms with van der Waals surface area (Å²) in [6, 6.07) is 25.1. The first-order valence-electron chi connectivity index (χ1n) is 15.8. The zero-order chi connectivity index (χ0) is 33.5. The van der Waals surface area contributed by atoms with E-state index in [4.69, 9.17) is 31.2 Å². The molecule has 0 bridgehead atoms. The van der Waals surface area contributed by atoms with Crippen molar-refractivity contribution in [3.63, 3.8) is 0 Å². The molecule has 1 N–H and O–H groups in total. The van der Waals surface area contributed by atoms with E-state index >= 15 is 0 Å². The SMILES string of the molecule is COc1cc(C(=O)O)ccc1OCCCN1C(=O)C(=Cc2ccc(OCCN3CCOCC3)c(-c3ccc4ccccc4c3)c2)SC1=S. The molecule has 0 spiro atoms. The first kappa shape index (κ1) is 33.5. The number of thioether (sulfide) groups is 1. The summed E-state index contributed by atoms with van der Waals surface area (Å²) in [6.07, 6.45) is 2.40. The number of hydrogen-bond donors (Lipinski definition) is 1. The number of aromatic carboxylic acids is 1. The molecule has 6 rings (SSSR count). The van der Waals surface area contributed by atoms with Gasteiger partial charge in [0, 0.05) is 31.7 Å². The Morgan fingerprint density at radius 1 is 0.917 bits per heavy atom. The summed E-state index contributed by atoms with van der Waals surface area (Å²) in [5.74, 6) is 0.364. The van der Waals surface area contributed by atoms with Crippen LogP contribution in [-0.4, -0.2) is 90.8 Å². The van der Waals surface area contributed by atoms with Crippen molar-refractivity contribution in [3.8, 4) is 28.4 Å². The summed E-state index contributed by atoms with van der Waals surface area (Å²) < 4.78 is 23.4. The predicted octanol–water partition coefficient (Wildman–Crippen LogP) is 6.59. The van der Waals surface area contributed by atoms with Gasteiger partial charge in [0.1, 0.15) is 16.7 Å². The van der Waals surface area contributed by atoms with Crippen LogP contribution in [-0.2, 0) is 9.53 Å². The molecule has 0 unspecified atom stereocenters. The molecule has 0 aromatic heterocycles. The smallest absolute Gasteiger partial charge is 0.335 e. The van der Waals surface area contributed by atoms with Gasteiger partial charge in [-0.3, -0.25) is 14.6 Å². The standard InChI is InChI=1S/C37H36N2O7S2/c1-43-33-24-29(36(41)42)10-12-32(33)45-17-4-13-39-35(40)34(48-37(39)47)22-25-7-11-31(46-20-16-38-14-18-44-19-15-38)30(21-25)28-9-8-26-5-2-3-6-27(26)23-28/h2-3,5-12,21-24H,4,13-20H2,1H3,(H,41,42). The van der Waals surface area contributed by atoms with Gasteiger partial charge in [-0.2, -0.15) is 0 Å². The van der Waals surface area contributed by atoms with Crippen LogP contribution >= 0.6 is 24.0 Å². The molecule has 11 heteroatoms. The zero-order valence-corrected chi connectivity index (χ0v) is 28.2. The van der Waals surface area contributed by atoms with Gasteiger partial charge >= 0.3 is 5.97 Å². The Kier molecular flexibility index (Phi) is 10.9. The monoisotopic (exact) mass is 684 g/mol. The number of hydrogen-bond acceptors (Lipinski definition) is 9. The van der Waals surface area contributed by atoms with E-state index in [1.54, 1.807) is 11.0 Å². The Morgan fingerprint density at radius 3 is 2.48 bits per heavy atom. The topological polar surface area (TPSA) is 97.8 Å². The lowest BCUT2D eigenvalue weighted by Crippen LogP contribution is -2.38. The van der Waals surface area contributed by atoms with Gasteiger partial charge in [-0.05, 0) is 70.8 Å². The number of nitrogens with zero attached hydrogens (tertiary/aromatic N) is 2. The molecule has 1 amide bonds. The minimum Gasteiger partial charge on any atom is -0.493 e. The van der Waals surface area contributed by atoms with Crippen molar-refractivity contribution in [2.24, 2.45) is 0 Å². The van der Waals surface area contributed by atoms with Crippen molar-refractivity contribution in [2.75, 3.05) is 59.7 Å². The highest BCUT2D eigenvalue weighted by molar-refractivity contribution is 8.26. The second-order valence-corrected chi connectivity index (χ2v) is 13.0. The fourth-order valence-electron chi connectivity index (χ4n) is 5.62. The zero-order valence-electron chi connectivity index (χ0n) is 26.6. The van der Waals surface area contributed by atoms with Crippen molar-refractivity contribution in [2.45, 2.75) is 6.42 Å². The Hall–Kier alpha value is -4.42. The molecule has 2 aliphatic heterocycles. The molecular weight excluding hydrogens is 649 g/mol. The second-order valence-electron chi connectivity index (χ2n) is 11.3. The van der Waals surface area contributed by atoms with E-state index in [0.29, 0.717) is 46.9 Å². The Bertz CT molecular complexity index is 1850. The number of carboxylic acid groups (broad SMARTS) is 1. The molecule has 2 aliphatic rings. The van der Waals surface area contributed by atoms with E-state index < -0.39 is 5.97 Å². The lowest BCUT2D eigenvalue weighted by atomic mass is 9.98. The average Bonchev–Trinajstić information content (AvgIpc) is 3.37. The maximum Gasteiger partial charge on any atom is 0.335 e. The van der Waals surface area contributed by atoms with Gasteiger partial charge < -0.3 is 24.1 Å². The number of rotatable bonds is 13. The van der Waals surface area contributed by atoms with Gasteiger partial charge in [-0.25, -0.2) is 4.79 Å². The van der Waals surface area contributed by atoms with E-state index in [0.717, 1.165) is 66.1 Å². The largest absolute Gasteiger partial charge is 0.493 e. The fourth-order valence-corrected chi connectivity index (χ4v) is 6.93. The van der Waals surface area contributed by atoms with Crippen molar-refractivity contribution < 1.29 is 33.6 Å². The van der Waals surface area contributed by atoms with Crippen molar-refractivity contribution in [1.82, 2.24) is 9.80 Å². The molecular formula is C37H36N2O7S2. The Balaban J connectivity index is 1.15. The molecule has 0 saturated carbocycles. The van der Waals surface area contributed by atoms with Crippen LogP contribution in [0.15, 0.2) is 83.8 Å². The number of benzene rings is 4. The van der Waals surface area contributed by atoms with Gasteiger partial charge in [0.05, 0.1) is 37.4 Å². The van der Waals surface area contributed by atoms with Crippen LogP contribution in [0.4, 0.5) is 0 Å². The number of carbonyl (C=O) groups excluding carboxylic acids is 1. The van der Waals surface area contributed by atoms with Crippen LogP contribution in [0.3, 0.4) is 0 Å². The van der Waals surface area contributed by atoms with E-state index in [-0.39, 0.29) is 11.5 Å². The van der Waals surface area contributed by atoms with E-state index in [2.05, 4.69) is 41.3 Å². The Labute approximate surface area is 289 Å². The van der Waals surface area contributed by atoms with E-state index in [1.807, 2.05) is 30.3 Å². The van der Waals surface area contributed by atoms with Crippen LogP contribution in [0.2, 0.25) is 0 Å². The summed E-state index contributed by atoms with van der Waals surface area (Å²) in [4.78, 5) is 29.2. The molecule has 2 fully saturated rings. The van der Waals surface area contributed by atoms with E-state index in [9.17, 15) is 14.7 Å². The van der Waals surface area contributed by atoms with Crippen LogP contribution < -0.4 is 14.2 Å². The molecule has 48 heavy (non-hydrogen) atoms. The van der Waals surface area contributed by atoms with E-state index in [1.165, 1.54) is 31.0 Å². The molecule has 0 aliphatic carbocycles. The molecule has 2 heterocycles. The lowest BCUT2D eigenvalue weighted by molar-refractivity contribution is -0.122. The molecule has 4 aromatic carbocycles. The summed E-state index contributed by atoms with van der Waals surface area (Å²) in [5.41, 5.74) is 2.97. The first-order valence-corrected chi connectivity index (χ1v) is 17.0. The van der Waals surface area contributed by atoms with Crippen LogP contribution in [0.25, 0.3) is 28.0 Å². The van der Waals surface area contributed by atoms with Crippen molar-refractivity contribution in [1.29, 1.82) is 0 Å². The predicted molar refractivity (Wildman–Crippen MR) is 192 cm³/mol. The normalized spacial score (nSPS) is 16.1. The third kappa shape index (κ3) is 7.99. The average molecular weight is 685 g/mol. The number of carbonyl (C=O) groups is 2. The Morgan fingerprint density at radius 2 is 1.69 bits per heavy atom. The lowest BCUT2D eigenvalue weighted by Gasteiger charge is -2.26. The summed E-state index contributed by atoms with van der Waals surface area (Å²) in [6.45, 7) is 5.36. The number of methoxy groups -OCH3 is 1. The molecule has 248 valence electrons. The summed E-state index contributed by atoms with van der Waals surface area (Å²) in [5, 5.41) is 11.5. The van der Waals surface area contributed by atoms with Gasteiger partial charge in [-0.1, -0.05) is 66.4 Å². The van der Waals surface area contributed by atoms with Gasteiger partial charge in [0.2, 0.25) is 0 Å². The maximum absolute atomic E-state index is 13.4. The minimum atomic E-state index is -1.05. The summed E-state index contributed by atoms with van der Waals surface area (Å²) in [7, 11) is 1.46. The number of morpholine rings is 1. The van der Waals surface area contributed by atoms with Crippen molar-refractivity contribution >= 4 is 57.0 Å². The number of thiocarbonyl (C=S) groups is 1. The number of ether oxygens (including phenoxy) is 4. The minimum absolute atomic E-state index is 0.110. The quantitative estimate of drug-likeness (QED) is 0.0944. The van der Waals surface area contributed by atoms with Gasteiger partial charge in [0.25, 0.3) is 5.91 Å². The third-order valence-corrected chi connectivity index (χ3v) is 9.58. The molecule has 0 radical (unpaired) electrons. The second kappa shape index (κ2) is 15.7. The van der Waals surface area contributed by atoms with Crippen LogP contribution in [0.1, 0.15) is 22.3 Å². The highest BCUT2D eigenvalue weighted by Gasteiger charge is 2.31. The third-order valence-electron chi connectivity index (χ3n) is 8.20. The first-order chi connectivity index (χ1) is 23.4. The van der Waals surface area contributed by atoms with Crippen LogP contribution in [0.5, 0.6) is 17.2 Å². The van der Waals surface area contributed by atoms with Gasteiger partial charge in [-0.15, -0.1) is 0 Å². The highest BCUT2D eigenvalue weighted by atomic mass is 32.2. The molecule has 9 nitrogen and oxygen atoms in total. The number of amides is 1. The van der Waals surface area contributed by atoms with Crippen LogP contribution in [0, 0.1) is 0 Å². The maximum atomic E-state index is 13.4. The van der Waals surface area contributed by atoms with Gasteiger partial charge in [0.15, 0.2) is 11.5 Å². The summed E-state index contributed by atoms with van der Waals surface area (Å²) >= 11 is 6.87. The molecule has 0 atom stereocenters. The fraction of sp³-hybridized carbons (Fsp3) is 0.270. The number of carboxylic acids is 1.